The molecule has 6 heteroatoms. The van der Waals surface area contributed by atoms with Gasteiger partial charge < -0.3 is 9.40 Å². The molecule has 0 aliphatic carbocycles. The molecule has 5 nitrogen and oxygen atoms in total. The summed E-state index contributed by atoms with van der Waals surface area (Å²) in [4.78, 5) is 4.96. The van der Waals surface area contributed by atoms with E-state index in [2.05, 4.69) is 15.2 Å². The van der Waals surface area contributed by atoms with Crippen molar-refractivity contribution in [2.45, 2.75) is 6.92 Å². The van der Waals surface area contributed by atoms with Gasteiger partial charge in [0.05, 0.1) is 5.52 Å². The smallest absolute Gasteiger partial charge is 0.266 e. The minimum atomic E-state index is 0.351. The lowest BCUT2D eigenvalue weighted by Crippen LogP contribution is -1.99. The molecule has 0 aliphatic heterocycles. The largest absolute Gasteiger partial charge is 0.427 e. The van der Waals surface area contributed by atoms with Gasteiger partial charge in [-0.1, -0.05) is 12.1 Å². The number of benzene rings is 2. The van der Waals surface area contributed by atoms with Crippen molar-refractivity contribution in [3.05, 3.63) is 46.8 Å². The minimum absolute atomic E-state index is 0.351. The molecule has 98 valence electrons. The van der Waals surface area contributed by atoms with E-state index in [1.54, 1.807) is 4.80 Å². The Hall–Kier alpha value is -2.47. The van der Waals surface area contributed by atoms with Crippen LogP contribution in [-0.2, 0) is 0 Å². The lowest BCUT2D eigenvalue weighted by Gasteiger charge is -2.01. The van der Waals surface area contributed by atoms with Crippen molar-refractivity contribution < 1.29 is 4.42 Å². The van der Waals surface area contributed by atoms with Crippen molar-refractivity contribution in [3.63, 3.8) is 0 Å². The molecule has 20 heavy (non-hydrogen) atoms. The monoisotopic (exact) mass is 282 g/mol. The predicted molar refractivity (Wildman–Crippen MR) is 78.6 cm³/mol. The molecule has 2 heterocycles. The van der Waals surface area contributed by atoms with E-state index >= 15 is 0 Å². The molecule has 0 aliphatic rings. The summed E-state index contributed by atoms with van der Waals surface area (Å²) in [5, 5.41) is 8.96. The maximum absolute atomic E-state index is 5.56. The highest BCUT2D eigenvalue weighted by molar-refractivity contribution is 7.71. The van der Waals surface area contributed by atoms with Crippen LogP contribution in [0.3, 0.4) is 0 Å². The SMILES string of the molecule is Cc1cc(-n2nc3ccccc3n2)c2oc(=S)[nH]c2c1. The normalized spacial score (nSPS) is 11.4. The average molecular weight is 282 g/mol. The Morgan fingerprint density at radius 1 is 1.15 bits per heavy atom. The molecule has 0 spiro atoms. The Morgan fingerprint density at radius 2 is 1.85 bits per heavy atom. The number of rotatable bonds is 1. The molecular weight excluding hydrogens is 272 g/mol. The number of fused-ring (bicyclic) bond motifs is 2. The number of nitrogens with one attached hydrogen (secondary N) is 1. The fourth-order valence-electron chi connectivity index (χ4n) is 2.30. The first-order valence-corrected chi connectivity index (χ1v) is 6.57. The zero-order valence-corrected chi connectivity index (χ0v) is 11.4. The van der Waals surface area contributed by atoms with Gasteiger partial charge in [0.15, 0.2) is 5.58 Å². The standard InChI is InChI=1S/C14H10N4OS/c1-8-6-11-13(19-14(20)15-11)12(7-8)18-16-9-4-2-3-5-10(9)17-18/h2-7H,1H3,(H,15,20). The predicted octanol–water partition coefficient (Wildman–Crippen LogP) is 3.53. The number of oxazole rings is 1. The van der Waals surface area contributed by atoms with E-state index in [-0.39, 0.29) is 0 Å². The van der Waals surface area contributed by atoms with Crippen LogP contribution in [0.25, 0.3) is 27.8 Å². The lowest BCUT2D eigenvalue weighted by molar-refractivity contribution is 0.577. The molecule has 2 aromatic carbocycles. The van der Waals surface area contributed by atoms with Crippen LogP contribution in [0.15, 0.2) is 40.8 Å². The summed E-state index contributed by atoms with van der Waals surface area (Å²) in [6.45, 7) is 2.01. The van der Waals surface area contributed by atoms with Crippen LogP contribution in [0.5, 0.6) is 0 Å². The number of hydrogen-bond acceptors (Lipinski definition) is 4. The highest BCUT2D eigenvalue weighted by Gasteiger charge is 2.12. The summed E-state index contributed by atoms with van der Waals surface area (Å²) in [7, 11) is 0. The first-order valence-electron chi connectivity index (χ1n) is 6.17. The number of H-pyrrole nitrogens is 1. The second kappa shape index (κ2) is 4.01. The average Bonchev–Trinajstić information content (AvgIpc) is 2.99. The Morgan fingerprint density at radius 3 is 2.55 bits per heavy atom. The van der Waals surface area contributed by atoms with Crippen LogP contribution < -0.4 is 0 Å². The maximum atomic E-state index is 5.56. The molecule has 0 unspecified atom stereocenters. The van der Waals surface area contributed by atoms with Crippen molar-refractivity contribution in [2.75, 3.05) is 0 Å². The van der Waals surface area contributed by atoms with Gasteiger partial charge in [-0.25, -0.2) is 0 Å². The third-order valence-electron chi connectivity index (χ3n) is 3.15. The molecule has 0 radical (unpaired) electrons. The van der Waals surface area contributed by atoms with Gasteiger partial charge in [0.2, 0.25) is 0 Å². The molecule has 1 N–H and O–H groups in total. The third-order valence-corrected chi connectivity index (χ3v) is 3.33. The van der Waals surface area contributed by atoms with Gasteiger partial charge in [-0.15, -0.1) is 15.0 Å². The maximum Gasteiger partial charge on any atom is 0.266 e. The van der Waals surface area contributed by atoms with E-state index in [1.807, 2.05) is 43.3 Å². The van der Waals surface area contributed by atoms with Gasteiger partial charge in [0.25, 0.3) is 4.84 Å². The molecule has 0 amide bonds. The van der Waals surface area contributed by atoms with Gasteiger partial charge in [0, 0.05) is 0 Å². The molecule has 0 bridgehead atoms. The molecule has 0 fully saturated rings. The topological polar surface area (TPSA) is 59.6 Å². The summed E-state index contributed by atoms with van der Waals surface area (Å²) >= 11 is 5.06. The van der Waals surface area contributed by atoms with Gasteiger partial charge in [-0.2, -0.15) is 0 Å². The first kappa shape index (κ1) is 11.4. The summed E-state index contributed by atoms with van der Waals surface area (Å²) in [5.74, 6) is 0. The van der Waals surface area contributed by atoms with Crippen LogP contribution in [0.1, 0.15) is 5.56 Å². The Balaban J connectivity index is 2.08. The van der Waals surface area contributed by atoms with E-state index in [0.29, 0.717) is 10.4 Å². The summed E-state index contributed by atoms with van der Waals surface area (Å²) in [6.07, 6.45) is 0. The van der Waals surface area contributed by atoms with Crippen LogP contribution in [-0.4, -0.2) is 20.0 Å². The molecule has 4 aromatic rings. The molecule has 0 saturated heterocycles. The quantitative estimate of drug-likeness (QED) is 0.542. The third kappa shape index (κ3) is 1.65. The molecule has 0 saturated carbocycles. The van der Waals surface area contributed by atoms with Crippen molar-refractivity contribution in [1.82, 2.24) is 20.0 Å². The Labute approximate surface area is 118 Å². The van der Waals surface area contributed by atoms with Crippen LogP contribution in [0, 0.1) is 11.8 Å². The summed E-state index contributed by atoms with van der Waals surface area (Å²) in [5.41, 5.74) is 5.07. The van der Waals surface area contributed by atoms with E-state index in [0.717, 1.165) is 27.8 Å². The number of aryl methyl sites for hydroxylation is 1. The molecule has 2 aromatic heterocycles. The zero-order chi connectivity index (χ0) is 13.7. The lowest BCUT2D eigenvalue weighted by atomic mass is 10.2. The Bertz CT molecular complexity index is 962. The second-order valence-corrected chi connectivity index (χ2v) is 5.02. The Kier molecular flexibility index (Phi) is 2.28. The van der Waals surface area contributed by atoms with Gasteiger partial charge in [-0.3, -0.25) is 0 Å². The van der Waals surface area contributed by atoms with Crippen molar-refractivity contribution >= 4 is 34.4 Å². The van der Waals surface area contributed by atoms with Crippen molar-refractivity contribution in [2.24, 2.45) is 0 Å². The second-order valence-electron chi connectivity index (χ2n) is 4.65. The summed E-state index contributed by atoms with van der Waals surface area (Å²) < 4.78 is 5.56. The van der Waals surface area contributed by atoms with Gasteiger partial charge >= 0.3 is 0 Å². The highest BCUT2D eigenvalue weighted by atomic mass is 32.1. The fraction of sp³-hybridized carbons (Fsp3) is 0.0714. The van der Waals surface area contributed by atoms with Gasteiger partial charge in [-0.05, 0) is 49.0 Å². The number of hydrogen-bond donors (Lipinski definition) is 1. The van der Waals surface area contributed by atoms with Crippen molar-refractivity contribution in [1.29, 1.82) is 0 Å². The number of nitrogens with zero attached hydrogens (tertiary/aromatic N) is 3. The molecular formula is C14H10N4OS. The van der Waals surface area contributed by atoms with Crippen LogP contribution in [0.2, 0.25) is 0 Å². The van der Waals surface area contributed by atoms with Crippen LogP contribution in [0.4, 0.5) is 0 Å². The highest BCUT2D eigenvalue weighted by Crippen LogP contribution is 2.24. The zero-order valence-electron chi connectivity index (χ0n) is 10.6. The first-order chi connectivity index (χ1) is 9.70. The van der Waals surface area contributed by atoms with Crippen molar-refractivity contribution in [3.8, 4) is 5.69 Å². The van der Waals surface area contributed by atoms with Gasteiger partial charge in [0.1, 0.15) is 16.7 Å². The summed E-state index contributed by atoms with van der Waals surface area (Å²) in [6, 6.07) is 11.7. The fourth-order valence-corrected chi connectivity index (χ4v) is 2.49. The van der Waals surface area contributed by atoms with E-state index in [9.17, 15) is 0 Å². The number of aromatic amines is 1. The number of aromatic nitrogens is 4. The van der Waals surface area contributed by atoms with Crippen LogP contribution >= 0.6 is 12.2 Å². The minimum Gasteiger partial charge on any atom is -0.427 e. The van der Waals surface area contributed by atoms with E-state index < -0.39 is 0 Å². The van der Waals surface area contributed by atoms with E-state index in [1.165, 1.54) is 0 Å². The van der Waals surface area contributed by atoms with E-state index in [4.69, 9.17) is 16.6 Å². The molecule has 0 atom stereocenters. The molecule has 4 rings (SSSR count).